The Morgan fingerprint density at radius 2 is 2.06 bits per heavy atom. The van der Waals surface area contributed by atoms with Crippen LogP contribution in [0.25, 0.3) is 0 Å². The van der Waals surface area contributed by atoms with Crippen molar-refractivity contribution in [2.75, 3.05) is 6.61 Å². The number of hydrogen-bond acceptors (Lipinski definition) is 2. The lowest BCUT2D eigenvalue weighted by atomic mass is 10.0. The lowest BCUT2D eigenvalue weighted by molar-refractivity contribution is 0.244. The van der Waals surface area contributed by atoms with Gasteiger partial charge in [0.1, 0.15) is 0 Å². The maximum absolute atomic E-state index is 9.02. The normalized spacial score (nSPS) is 13.1. The summed E-state index contributed by atoms with van der Waals surface area (Å²) in [6.45, 7) is 7.54. The van der Waals surface area contributed by atoms with Crippen LogP contribution < -0.4 is 5.32 Å². The largest absolute Gasteiger partial charge is 0.396 e. The van der Waals surface area contributed by atoms with Crippen molar-refractivity contribution in [2.45, 2.75) is 39.8 Å². The van der Waals surface area contributed by atoms with E-state index >= 15 is 0 Å². The number of rotatable bonds is 6. The Kier molecular flexibility index (Phi) is 6.17. The van der Waals surface area contributed by atoms with E-state index in [2.05, 4.69) is 60.2 Å². The van der Waals surface area contributed by atoms with Gasteiger partial charge in [0.25, 0.3) is 0 Å². The highest BCUT2D eigenvalue weighted by atomic mass is 79.9. The quantitative estimate of drug-likeness (QED) is 0.845. The molecule has 0 aromatic heterocycles. The third kappa shape index (κ3) is 4.78. The summed E-state index contributed by atoms with van der Waals surface area (Å²) in [5.41, 5.74) is 2.52. The molecule has 0 saturated carbocycles. The van der Waals surface area contributed by atoms with Crippen LogP contribution in [0, 0.1) is 12.8 Å². The van der Waals surface area contributed by atoms with Gasteiger partial charge in [-0.2, -0.15) is 0 Å². The summed E-state index contributed by atoms with van der Waals surface area (Å²) in [7, 11) is 0. The minimum Gasteiger partial charge on any atom is -0.396 e. The third-order valence-corrected chi connectivity index (χ3v) is 3.90. The first-order valence-electron chi connectivity index (χ1n) is 6.14. The van der Waals surface area contributed by atoms with Gasteiger partial charge in [-0.3, -0.25) is 0 Å². The van der Waals surface area contributed by atoms with Gasteiger partial charge < -0.3 is 10.4 Å². The molecule has 0 amide bonds. The second-order valence-electron chi connectivity index (χ2n) is 4.83. The fourth-order valence-electron chi connectivity index (χ4n) is 1.81. The van der Waals surface area contributed by atoms with E-state index in [0.29, 0.717) is 12.0 Å². The Bertz CT molecular complexity index is 352. The number of benzene rings is 1. The molecule has 3 heteroatoms. The molecule has 0 heterocycles. The molecule has 1 aromatic carbocycles. The highest BCUT2D eigenvalue weighted by Crippen LogP contribution is 2.17. The highest BCUT2D eigenvalue weighted by molar-refractivity contribution is 9.10. The van der Waals surface area contributed by atoms with E-state index in [-0.39, 0.29) is 6.61 Å². The van der Waals surface area contributed by atoms with E-state index in [1.54, 1.807) is 0 Å². The maximum Gasteiger partial charge on any atom is 0.0445 e. The Morgan fingerprint density at radius 3 is 2.59 bits per heavy atom. The zero-order chi connectivity index (χ0) is 12.8. The molecule has 0 saturated heterocycles. The fourth-order valence-corrected chi connectivity index (χ4v) is 2.23. The monoisotopic (exact) mass is 299 g/mol. The SMILES string of the molecule is Cc1ccc(CNC(CCO)C(C)C)cc1Br. The van der Waals surface area contributed by atoms with Crippen molar-refractivity contribution in [1.29, 1.82) is 0 Å². The van der Waals surface area contributed by atoms with Gasteiger partial charge >= 0.3 is 0 Å². The van der Waals surface area contributed by atoms with Crippen molar-refractivity contribution in [3.63, 3.8) is 0 Å². The van der Waals surface area contributed by atoms with E-state index in [1.807, 2.05) is 0 Å². The first-order chi connectivity index (χ1) is 8.04. The topological polar surface area (TPSA) is 32.3 Å². The van der Waals surface area contributed by atoms with Crippen LogP contribution in [0.3, 0.4) is 0 Å². The van der Waals surface area contributed by atoms with Crippen molar-refractivity contribution in [2.24, 2.45) is 5.92 Å². The average Bonchev–Trinajstić information content (AvgIpc) is 2.28. The minimum absolute atomic E-state index is 0.243. The van der Waals surface area contributed by atoms with Crippen LogP contribution in [0.4, 0.5) is 0 Å². The van der Waals surface area contributed by atoms with Crippen LogP contribution in [0.5, 0.6) is 0 Å². The Labute approximate surface area is 113 Å². The first-order valence-corrected chi connectivity index (χ1v) is 6.93. The molecule has 1 unspecified atom stereocenters. The van der Waals surface area contributed by atoms with Gasteiger partial charge in [0, 0.05) is 23.7 Å². The molecule has 0 aliphatic rings. The average molecular weight is 300 g/mol. The molecule has 2 nitrogen and oxygen atoms in total. The zero-order valence-electron chi connectivity index (χ0n) is 10.8. The van der Waals surface area contributed by atoms with Crippen molar-refractivity contribution in [1.82, 2.24) is 5.32 Å². The van der Waals surface area contributed by atoms with Crippen LogP contribution in [0.1, 0.15) is 31.4 Å². The van der Waals surface area contributed by atoms with Crippen LogP contribution in [0.15, 0.2) is 22.7 Å². The second kappa shape index (κ2) is 7.14. The van der Waals surface area contributed by atoms with Gasteiger partial charge in [-0.05, 0) is 36.5 Å². The summed E-state index contributed by atoms with van der Waals surface area (Å²) in [4.78, 5) is 0. The summed E-state index contributed by atoms with van der Waals surface area (Å²) in [5.74, 6) is 0.538. The smallest absolute Gasteiger partial charge is 0.0445 e. The number of aliphatic hydroxyl groups is 1. The molecule has 0 radical (unpaired) electrons. The summed E-state index contributed by atoms with van der Waals surface area (Å²) in [6.07, 6.45) is 0.810. The molecule has 96 valence electrons. The van der Waals surface area contributed by atoms with Crippen LogP contribution in [-0.2, 0) is 6.54 Å². The maximum atomic E-state index is 9.02. The van der Waals surface area contributed by atoms with Crippen LogP contribution >= 0.6 is 15.9 Å². The molecule has 0 fully saturated rings. The standard InChI is InChI=1S/C14H22BrNO/c1-10(2)14(6-7-17)16-9-12-5-4-11(3)13(15)8-12/h4-5,8,10,14,16-17H,6-7,9H2,1-3H3. The molecular formula is C14H22BrNO. The van der Waals surface area contributed by atoms with Crippen molar-refractivity contribution < 1.29 is 5.11 Å². The number of aryl methyl sites for hydroxylation is 1. The van der Waals surface area contributed by atoms with Crippen molar-refractivity contribution in [3.8, 4) is 0 Å². The predicted molar refractivity (Wildman–Crippen MR) is 76.0 cm³/mol. The van der Waals surface area contributed by atoms with E-state index in [4.69, 9.17) is 5.11 Å². The number of halogens is 1. The molecule has 0 spiro atoms. The molecule has 1 rings (SSSR count). The van der Waals surface area contributed by atoms with E-state index < -0.39 is 0 Å². The summed E-state index contributed by atoms with van der Waals surface area (Å²) >= 11 is 3.54. The first kappa shape index (κ1) is 14.7. The second-order valence-corrected chi connectivity index (χ2v) is 5.68. The van der Waals surface area contributed by atoms with E-state index in [1.165, 1.54) is 11.1 Å². The van der Waals surface area contributed by atoms with Gasteiger partial charge in [-0.25, -0.2) is 0 Å². The molecule has 2 N–H and O–H groups in total. The van der Waals surface area contributed by atoms with Gasteiger partial charge in [0.15, 0.2) is 0 Å². The predicted octanol–water partition coefficient (Wildman–Crippen LogP) is 3.25. The number of aliphatic hydroxyl groups excluding tert-OH is 1. The Hall–Kier alpha value is -0.380. The van der Waals surface area contributed by atoms with Gasteiger partial charge in [-0.15, -0.1) is 0 Å². The Balaban J connectivity index is 2.56. The van der Waals surface area contributed by atoms with E-state index in [0.717, 1.165) is 17.4 Å². The highest BCUT2D eigenvalue weighted by Gasteiger charge is 2.11. The summed E-state index contributed by atoms with van der Waals surface area (Å²) < 4.78 is 1.15. The van der Waals surface area contributed by atoms with Crippen LogP contribution in [-0.4, -0.2) is 17.8 Å². The fraction of sp³-hybridized carbons (Fsp3) is 0.571. The lowest BCUT2D eigenvalue weighted by Crippen LogP contribution is -2.34. The molecule has 17 heavy (non-hydrogen) atoms. The van der Waals surface area contributed by atoms with Gasteiger partial charge in [-0.1, -0.05) is 41.9 Å². The third-order valence-electron chi connectivity index (χ3n) is 3.05. The van der Waals surface area contributed by atoms with Gasteiger partial charge in [0.05, 0.1) is 0 Å². The lowest BCUT2D eigenvalue weighted by Gasteiger charge is -2.21. The zero-order valence-corrected chi connectivity index (χ0v) is 12.4. The molecule has 0 bridgehead atoms. The summed E-state index contributed by atoms with van der Waals surface area (Å²) in [6, 6.07) is 6.79. The molecule has 0 aliphatic heterocycles. The molecule has 0 aliphatic carbocycles. The molecule has 1 aromatic rings. The van der Waals surface area contributed by atoms with Crippen molar-refractivity contribution >= 4 is 15.9 Å². The van der Waals surface area contributed by atoms with Crippen LogP contribution in [0.2, 0.25) is 0 Å². The Morgan fingerprint density at radius 1 is 1.35 bits per heavy atom. The van der Waals surface area contributed by atoms with Gasteiger partial charge in [0.2, 0.25) is 0 Å². The minimum atomic E-state index is 0.243. The number of nitrogens with one attached hydrogen (secondary N) is 1. The molecule has 1 atom stereocenters. The van der Waals surface area contributed by atoms with E-state index in [9.17, 15) is 0 Å². The van der Waals surface area contributed by atoms with Crippen molar-refractivity contribution in [3.05, 3.63) is 33.8 Å². The molecular weight excluding hydrogens is 278 g/mol. The summed E-state index contributed by atoms with van der Waals surface area (Å²) in [5, 5.41) is 12.5. The number of hydrogen-bond donors (Lipinski definition) is 2.